The van der Waals surface area contributed by atoms with E-state index >= 15 is 0 Å². The first-order valence-corrected chi connectivity index (χ1v) is 10.2. The molecular weight excluding hydrogens is 372 g/mol. The molecule has 4 rings (SSSR count). The third-order valence-corrected chi connectivity index (χ3v) is 5.62. The Kier molecular flexibility index (Phi) is 5.21. The molecule has 0 saturated carbocycles. The van der Waals surface area contributed by atoms with Crippen LogP contribution in [0.3, 0.4) is 0 Å². The molecule has 0 fully saturated rings. The van der Waals surface area contributed by atoms with Crippen molar-refractivity contribution in [2.75, 3.05) is 6.61 Å². The van der Waals surface area contributed by atoms with Crippen molar-refractivity contribution >= 4 is 38.3 Å². The lowest BCUT2D eigenvalue weighted by atomic mass is 10.0. The molecule has 0 unspecified atom stereocenters. The molecule has 0 saturated heterocycles. The maximum absolute atomic E-state index is 13.1. The van der Waals surface area contributed by atoms with Crippen molar-refractivity contribution in [1.29, 1.82) is 0 Å². The Morgan fingerprint density at radius 3 is 2.86 bits per heavy atom. The number of hydrogen-bond donors (Lipinski definition) is 0. The molecule has 28 heavy (non-hydrogen) atoms. The number of unbranched alkanes of at least 4 members (excludes halogenated alkanes) is 1. The van der Waals surface area contributed by atoms with Gasteiger partial charge in [-0.25, -0.2) is 9.78 Å². The molecule has 2 aromatic heterocycles. The molecule has 0 aliphatic heterocycles. The highest BCUT2D eigenvalue weighted by Gasteiger charge is 2.19. The number of nitrogens with zero attached hydrogens (tertiary/aromatic N) is 2. The van der Waals surface area contributed by atoms with Gasteiger partial charge in [-0.2, -0.15) is 0 Å². The van der Waals surface area contributed by atoms with Crippen molar-refractivity contribution in [3.8, 4) is 0 Å². The van der Waals surface area contributed by atoms with Crippen LogP contribution in [-0.2, 0) is 11.3 Å². The van der Waals surface area contributed by atoms with Crippen molar-refractivity contribution in [2.45, 2.75) is 26.3 Å². The first-order chi connectivity index (χ1) is 13.7. The molecule has 5 nitrogen and oxygen atoms in total. The number of aromatic nitrogens is 2. The molecule has 0 radical (unpaired) electrons. The number of carbonyl (C=O) groups excluding carboxylic acids is 1. The van der Waals surface area contributed by atoms with Gasteiger partial charge in [-0.05, 0) is 22.8 Å². The van der Waals surface area contributed by atoms with Crippen molar-refractivity contribution < 1.29 is 9.53 Å². The normalized spacial score (nSPS) is 11.2. The summed E-state index contributed by atoms with van der Waals surface area (Å²) in [6.45, 7) is 2.78. The second kappa shape index (κ2) is 7.94. The van der Waals surface area contributed by atoms with Crippen LogP contribution in [0.15, 0.2) is 59.0 Å². The molecule has 6 heteroatoms. The first kappa shape index (κ1) is 18.4. The van der Waals surface area contributed by atoms with Crippen molar-refractivity contribution in [3.63, 3.8) is 0 Å². The quantitative estimate of drug-likeness (QED) is 0.355. The van der Waals surface area contributed by atoms with Crippen molar-refractivity contribution in [1.82, 2.24) is 9.55 Å². The summed E-state index contributed by atoms with van der Waals surface area (Å²) in [5, 5.41) is 4.23. The minimum atomic E-state index is -0.457. The van der Waals surface area contributed by atoms with E-state index in [0.717, 1.165) is 29.2 Å². The lowest BCUT2D eigenvalue weighted by Gasteiger charge is -2.09. The zero-order valence-corrected chi connectivity index (χ0v) is 16.4. The van der Waals surface area contributed by atoms with E-state index in [-0.39, 0.29) is 5.56 Å². The fraction of sp³-hybridized carbons (Fsp3) is 0.227. The standard InChI is InChI=1S/C22H20N2O3S/c1-2-3-11-27-22(26)18-13-28-20-19(18)21(25)24(14-23-20)12-16-9-6-8-15-7-4-5-10-17(15)16/h4-10,13-14H,2-3,11-12H2,1H3. The van der Waals surface area contributed by atoms with Gasteiger partial charge in [-0.1, -0.05) is 55.8 Å². The van der Waals surface area contributed by atoms with Crippen LogP contribution in [0.5, 0.6) is 0 Å². The van der Waals surface area contributed by atoms with E-state index in [1.807, 2.05) is 49.4 Å². The Labute approximate surface area is 166 Å². The summed E-state index contributed by atoms with van der Waals surface area (Å²) in [4.78, 5) is 30.5. The summed E-state index contributed by atoms with van der Waals surface area (Å²) < 4.78 is 6.85. The van der Waals surface area contributed by atoms with E-state index in [1.54, 1.807) is 16.3 Å². The molecule has 4 aromatic rings. The summed E-state index contributed by atoms with van der Waals surface area (Å²) in [5.41, 5.74) is 1.12. The zero-order valence-electron chi connectivity index (χ0n) is 15.6. The van der Waals surface area contributed by atoms with Gasteiger partial charge < -0.3 is 4.74 Å². The summed E-state index contributed by atoms with van der Waals surface area (Å²) in [7, 11) is 0. The highest BCUT2D eigenvalue weighted by molar-refractivity contribution is 7.17. The first-order valence-electron chi connectivity index (χ1n) is 9.29. The number of carbonyl (C=O) groups is 1. The lowest BCUT2D eigenvalue weighted by molar-refractivity contribution is 0.0502. The predicted octanol–water partition coefficient (Wildman–Crippen LogP) is 4.62. The Balaban J connectivity index is 1.72. The van der Waals surface area contributed by atoms with E-state index in [9.17, 15) is 9.59 Å². The molecule has 0 bridgehead atoms. The molecule has 0 aliphatic rings. The SMILES string of the molecule is CCCCOC(=O)c1csc2ncn(Cc3cccc4ccccc34)c(=O)c12. The molecule has 142 valence electrons. The third-order valence-electron chi connectivity index (χ3n) is 4.73. The number of ether oxygens (including phenoxy) is 1. The van der Waals surface area contributed by atoms with Crippen molar-refractivity contribution in [2.24, 2.45) is 0 Å². The van der Waals surface area contributed by atoms with Crippen LogP contribution < -0.4 is 5.56 Å². The molecule has 0 N–H and O–H groups in total. The monoisotopic (exact) mass is 392 g/mol. The number of benzene rings is 2. The van der Waals surface area contributed by atoms with Gasteiger partial charge >= 0.3 is 5.97 Å². The highest BCUT2D eigenvalue weighted by atomic mass is 32.1. The van der Waals surface area contributed by atoms with Crippen LogP contribution in [0.4, 0.5) is 0 Å². The number of hydrogen-bond acceptors (Lipinski definition) is 5. The summed E-state index contributed by atoms with van der Waals surface area (Å²) in [6, 6.07) is 14.1. The van der Waals surface area contributed by atoms with E-state index in [2.05, 4.69) is 4.98 Å². The smallest absolute Gasteiger partial charge is 0.339 e. The van der Waals surface area contributed by atoms with Crippen LogP contribution >= 0.6 is 11.3 Å². The van der Waals surface area contributed by atoms with Gasteiger partial charge in [0.05, 0.1) is 30.4 Å². The highest BCUT2D eigenvalue weighted by Crippen LogP contribution is 2.23. The van der Waals surface area contributed by atoms with Gasteiger partial charge in [0.25, 0.3) is 5.56 Å². The molecule has 2 aromatic carbocycles. The second-order valence-corrected chi connectivity index (χ2v) is 7.49. The summed E-state index contributed by atoms with van der Waals surface area (Å²) >= 11 is 1.29. The summed E-state index contributed by atoms with van der Waals surface area (Å²) in [6.07, 6.45) is 3.30. The zero-order chi connectivity index (χ0) is 19.5. The minimum Gasteiger partial charge on any atom is -0.462 e. The maximum Gasteiger partial charge on any atom is 0.339 e. The van der Waals surface area contributed by atoms with E-state index in [1.165, 1.54) is 11.3 Å². The molecule has 0 atom stereocenters. The van der Waals surface area contributed by atoms with Crippen LogP contribution in [-0.4, -0.2) is 22.1 Å². The number of fused-ring (bicyclic) bond motifs is 2. The number of esters is 1. The average molecular weight is 392 g/mol. The van der Waals surface area contributed by atoms with E-state index < -0.39 is 5.97 Å². The molecular formula is C22H20N2O3S. The molecule has 0 aliphatic carbocycles. The fourth-order valence-electron chi connectivity index (χ4n) is 3.23. The third kappa shape index (κ3) is 3.43. The maximum atomic E-state index is 13.1. The Hall–Kier alpha value is -2.99. The fourth-order valence-corrected chi connectivity index (χ4v) is 4.10. The largest absolute Gasteiger partial charge is 0.462 e. The van der Waals surface area contributed by atoms with Gasteiger partial charge in [0.15, 0.2) is 0 Å². The Morgan fingerprint density at radius 1 is 1.18 bits per heavy atom. The van der Waals surface area contributed by atoms with Gasteiger partial charge in [-0.15, -0.1) is 11.3 Å². The average Bonchev–Trinajstić information content (AvgIpc) is 3.15. The van der Waals surface area contributed by atoms with Crippen LogP contribution in [0.1, 0.15) is 35.7 Å². The topological polar surface area (TPSA) is 61.2 Å². The minimum absolute atomic E-state index is 0.221. The van der Waals surface area contributed by atoms with Crippen LogP contribution in [0.2, 0.25) is 0 Å². The van der Waals surface area contributed by atoms with Gasteiger partial charge in [0.2, 0.25) is 0 Å². The predicted molar refractivity (Wildman–Crippen MR) is 112 cm³/mol. The number of thiophene rings is 1. The van der Waals surface area contributed by atoms with Crippen LogP contribution in [0.25, 0.3) is 21.0 Å². The molecule has 0 amide bonds. The lowest BCUT2D eigenvalue weighted by Crippen LogP contribution is -2.22. The molecule has 2 heterocycles. The Bertz CT molecular complexity index is 1200. The Morgan fingerprint density at radius 2 is 2.00 bits per heavy atom. The van der Waals surface area contributed by atoms with Gasteiger partial charge in [-0.3, -0.25) is 9.36 Å². The van der Waals surface area contributed by atoms with Gasteiger partial charge in [0.1, 0.15) is 4.83 Å². The number of rotatable bonds is 6. The van der Waals surface area contributed by atoms with E-state index in [0.29, 0.717) is 28.9 Å². The molecule has 0 spiro atoms. The van der Waals surface area contributed by atoms with E-state index in [4.69, 9.17) is 4.74 Å². The second-order valence-electron chi connectivity index (χ2n) is 6.63. The van der Waals surface area contributed by atoms with Gasteiger partial charge in [0, 0.05) is 5.38 Å². The van der Waals surface area contributed by atoms with Crippen molar-refractivity contribution in [3.05, 3.63) is 75.7 Å². The van der Waals surface area contributed by atoms with Crippen LogP contribution in [0, 0.1) is 0 Å². The summed E-state index contributed by atoms with van der Waals surface area (Å²) in [5.74, 6) is -0.457.